The molecule has 1 amide bonds. The average Bonchev–Trinajstić information content (AvgIpc) is 2.93. The van der Waals surface area contributed by atoms with Gasteiger partial charge in [0.25, 0.3) is 0 Å². The standard InChI is InChI=1S/C13H15FN4O3S3/c1-8(11(19)15-12-16-17-13(22-2)23-12)18(24(3,20)21)10-6-4-5-9(14)7-10/h4-8H,1-3H3,(H,15,16,19). The summed E-state index contributed by atoms with van der Waals surface area (Å²) in [6.07, 6.45) is 2.78. The molecule has 0 fully saturated rings. The first kappa shape index (κ1) is 18.6. The van der Waals surface area contributed by atoms with Crippen LogP contribution in [0.3, 0.4) is 0 Å². The molecule has 11 heteroatoms. The van der Waals surface area contributed by atoms with Crippen LogP contribution in [0.1, 0.15) is 6.92 Å². The summed E-state index contributed by atoms with van der Waals surface area (Å²) in [7, 11) is -3.80. The number of anilines is 2. The monoisotopic (exact) mass is 390 g/mol. The van der Waals surface area contributed by atoms with E-state index in [1.807, 2.05) is 6.26 Å². The summed E-state index contributed by atoms with van der Waals surface area (Å²) in [5, 5.41) is 10.4. The van der Waals surface area contributed by atoms with Crippen LogP contribution in [0.25, 0.3) is 0 Å². The summed E-state index contributed by atoms with van der Waals surface area (Å²) in [4.78, 5) is 12.4. The van der Waals surface area contributed by atoms with E-state index in [0.29, 0.717) is 4.34 Å². The summed E-state index contributed by atoms with van der Waals surface area (Å²) in [6.45, 7) is 1.41. The minimum atomic E-state index is -3.80. The number of carbonyl (C=O) groups excluding carboxylic acids is 1. The van der Waals surface area contributed by atoms with E-state index in [0.717, 1.165) is 16.6 Å². The molecular weight excluding hydrogens is 375 g/mol. The Hall–Kier alpha value is -1.72. The Balaban J connectivity index is 2.27. The SMILES string of the molecule is CSc1nnc(NC(=O)C(C)N(c2cccc(F)c2)S(C)(=O)=O)s1. The molecule has 1 atom stereocenters. The second-order valence-corrected chi connectivity index (χ2v) is 8.67. The minimum Gasteiger partial charge on any atom is -0.299 e. The fourth-order valence-electron chi connectivity index (χ4n) is 1.97. The number of hydrogen-bond donors (Lipinski definition) is 1. The summed E-state index contributed by atoms with van der Waals surface area (Å²) in [5.74, 6) is -1.18. The average molecular weight is 390 g/mol. The van der Waals surface area contributed by atoms with Gasteiger partial charge in [0, 0.05) is 0 Å². The lowest BCUT2D eigenvalue weighted by molar-refractivity contribution is -0.116. The number of rotatable bonds is 6. The van der Waals surface area contributed by atoms with Crippen molar-refractivity contribution in [1.82, 2.24) is 10.2 Å². The van der Waals surface area contributed by atoms with Crippen LogP contribution >= 0.6 is 23.1 Å². The second-order valence-electron chi connectivity index (χ2n) is 4.78. The fourth-order valence-corrected chi connectivity index (χ4v) is 4.31. The third kappa shape index (κ3) is 4.42. The predicted molar refractivity (Wildman–Crippen MR) is 93.5 cm³/mol. The summed E-state index contributed by atoms with van der Waals surface area (Å²) >= 11 is 2.56. The van der Waals surface area contributed by atoms with E-state index in [1.165, 1.54) is 48.2 Å². The molecule has 1 aromatic carbocycles. The highest BCUT2D eigenvalue weighted by Gasteiger charge is 2.30. The molecule has 1 aromatic heterocycles. The van der Waals surface area contributed by atoms with E-state index < -0.39 is 27.8 Å². The third-order valence-electron chi connectivity index (χ3n) is 2.96. The number of nitrogens with zero attached hydrogens (tertiary/aromatic N) is 3. The molecule has 2 rings (SSSR count). The predicted octanol–water partition coefficient (Wildman–Crippen LogP) is 2.19. The van der Waals surface area contributed by atoms with E-state index in [1.54, 1.807) is 0 Å². The van der Waals surface area contributed by atoms with Crippen molar-refractivity contribution in [2.45, 2.75) is 17.3 Å². The first-order valence-corrected chi connectivity index (χ1v) is 10.5. The van der Waals surface area contributed by atoms with Crippen LogP contribution < -0.4 is 9.62 Å². The molecule has 1 unspecified atom stereocenters. The molecule has 24 heavy (non-hydrogen) atoms. The van der Waals surface area contributed by atoms with Crippen molar-refractivity contribution in [3.05, 3.63) is 30.1 Å². The van der Waals surface area contributed by atoms with Crippen molar-refractivity contribution in [2.75, 3.05) is 22.1 Å². The van der Waals surface area contributed by atoms with Crippen molar-refractivity contribution in [3.8, 4) is 0 Å². The van der Waals surface area contributed by atoms with Crippen molar-refractivity contribution in [3.63, 3.8) is 0 Å². The minimum absolute atomic E-state index is 0.0715. The summed E-state index contributed by atoms with van der Waals surface area (Å²) < 4.78 is 39.1. The molecule has 0 bridgehead atoms. The van der Waals surface area contributed by atoms with Gasteiger partial charge in [0.2, 0.25) is 21.1 Å². The fraction of sp³-hybridized carbons (Fsp3) is 0.308. The largest absolute Gasteiger partial charge is 0.299 e. The van der Waals surface area contributed by atoms with Gasteiger partial charge in [0.15, 0.2) is 4.34 Å². The van der Waals surface area contributed by atoms with Gasteiger partial charge in [0.1, 0.15) is 11.9 Å². The Kier molecular flexibility index (Phi) is 5.78. The molecule has 0 aliphatic rings. The van der Waals surface area contributed by atoms with Crippen LogP contribution in [0.5, 0.6) is 0 Å². The molecular formula is C13H15FN4O3S3. The zero-order valence-corrected chi connectivity index (χ0v) is 15.5. The van der Waals surface area contributed by atoms with Crippen LogP contribution in [-0.4, -0.2) is 43.1 Å². The molecule has 0 aliphatic carbocycles. The summed E-state index contributed by atoms with van der Waals surface area (Å²) in [6, 6.07) is 3.96. The number of hydrogen-bond acceptors (Lipinski definition) is 7. The Morgan fingerprint density at radius 1 is 1.42 bits per heavy atom. The van der Waals surface area contributed by atoms with Crippen molar-refractivity contribution >= 4 is 49.8 Å². The lowest BCUT2D eigenvalue weighted by Gasteiger charge is -2.27. The van der Waals surface area contributed by atoms with Crippen molar-refractivity contribution < 1.29 is 17.6 Å². The number of nitrogens with one attached hydrogen (secondary N) is 1. The van der Waals surface area contributed by atoms with E-state index >= 15 is 0 Å². The Morgan fingerprint density at radius 2 is 2.12 bits per heavy atom. The van der Waals surface area contributed by atoms with Gasteiger partial charge in [-0.15, -0.1) is 10.2 Å². The van der Waals surface area contributed by atoms with Gasteiger partial charge in [-0.25, -0.2) is 12.8 Å². The van der Waals surface area contributed by atoms with Gasteiger partial charge in [-0.3, -0.25) is 14.4 Å². The Morgan fingerprint density at radius 3 is 2.67 bits per heavy atom. The van der Waals surface area contributed by atoms with Crippen molar-refractivity contribution in [1.29, 1.82) is 0 Å². The lowest BCUT2D eigenvalue weighted by Crippen LogP contribution is -2.45. The van der Waals surface area contributed by atoms with Crippen LogP contribution in [0.15, 0.2) is 28.6 Å². The lowest BCUT2D eigenvalue weighted by atomic mass is 10.2. The van der Waals surface area contributed by atoms with Crippen molar-refractivity contribution in [2.24, 2.45) is 0 Å². The van der Waals surface area contributed by atoms with E-state index in [4.69, 9.17) is 0 Å². The first-order chi connectivity index (χ1) is 11.2. The van der Waals surface area contributed by atoms with Gasteiger partial charge in [-0.05, 0) is 31.4 Å². The number of carbonyl (C=O) groups is 1. The number of halogens is 1. The zero-order chi connectivity index (χ0) is 17.9. The van der Waals surface area contributed by atoms with Gasteiger partial charge < -0.3 is 0 Å². The number of sulfonamides is 1. The number of amides is 1. The van der Waals surface area contributed by atoms with Gasteiger partial charge in [0.05, 0.1) is 11.9 Å². The molecule has 1 N–H and O–H groups in total. The van der Waals surface area contributed by atoms with E-state index in [2.05, 4.69) is 15.5 Å². The molecule has 0 saturated carbocycles. The maximum absolute atomic E-state index is 13.4. The number of benzene rings is 1. The quantitative estimate of drug-likeness (QED) is 0.600. The molecule has 7 nitrogen and oxygen atoms in total. The maximum atomic E-state index is 13.4. The highest BCUT2D eigenvalue weighted by atomic mass is 32.2. The summed E-state index contributed by atoms with van der Waals surface area (Å²) in [5.41, 5.74) is 0.0715. The first-order valence-electron chi connectivity index (χ1n) is 6.65. The molecule has 2 aromatic rings. The maximum Gasteiger partial charge on any atom is 0.249 e. The molecule has 0 spiro atoms. The Bertz CT molecular complexity index is 840. The van der Waals surface area contributed by atoms with Gasteiger partial charge in [-0.2, -0.15) is 0 Å². The van der Waals surface area contributed by atoms with E-state index in [-0.39, 0.29) is 10.8 Å². The van der Waals surface area contributed by atoms with Crippen LogP contribution in [0, 0.1) is 5.82 Å². The normalized spacial score (nSPS) is 12.7. The van der Waals surface area contributed by atoms with Crippen LogP contribution in [0.4, 0.5) is 15.2 Å². The van der Waals surface area contributed by atoms with Crippen LogP contribution in [-0.2, 0) is 14.8 Å². The molecule has 0 radical (unpaired) electrons. The van der Waals surface area contributed by atoms with Gasteiger partial charge >= 0.3 is 0 Å². The second kappa shape index (κ2) is 7.45. The topological polar surface area (TPSA) is 92.3 Å². The highest BCUT2D eigenvalue weighted by Crippen LogP contribution is 2.25. The highest BCUT2D eigenvalue weighted by molar-refractivity contribution is 8.00. The van der Waals surface area contributed by atoms with E-state index in [9.17, 15) is 17.6 Å². The Labute approximate surface area is 147 Å². The van der Waals surface area contributed by atoms with Gasteiger partial charge in [-0.1, -0.05) is 29.2 Å². The molecule has 0 saturated heterocycles. The number of aromatic nitrogens is 2. The molecule has 0 aliphatic heterocycles. The molecule has 1 heterocycles. The zero-order valence-electron chi connectivity index (χ0n) is 13.1. The third-order valence-corrected chi connectivity index (χ3v) is 6.02. The smallest absolute Gasteiger partial charge is 0.249 e. The molecule has 130 valence electrons. The van der Waals surface area contributed by atoms with Crippen LogP contribution in [0.2, 0.25) is 0 Å². The number of thioether (sulfide) groups is 1.